The van der Waals surface area contributed by atoms with Gasteiger partial charge in [0.25, 0.3) is 0 Å². The molecular formula is C14H13F2NO3. The van der Waals surface area contributed by atoms with Crippen LogP contribution in [0.2, 0.25) is 0 Å². The number of nitrogens with zero attached hydrogens (tertiary/aromatic N) is 1. The molecule has 0 saturated carbocycles. The van der Waals surface area contributed by atoms with Gasteiger partial charge in [0.2, 0.25) is 0 Å². The molecule has 1 heterocycles. The first kappa shape index (κ1) is 14.2. The Kier molecular flexibility index (Phi) is 3.57. The molecule has 0 amide bonds. The number of halogens is 2. The highest BCUT2D eigenvalue weighted by Gasteiger charge is 2.16. The van der Waals surface area contributed by atoms with Crippen LogP contribution in [-0.2, 0) is 11.2 Å². The van der Waals surface area contributed by atoms with E-state index in [-0.39, 0.29) is 29.1 Å². The number of fused-ring (bicyclic) bond motifs is 1. The van der Waals surface area contributed by atoms with E-state index in [0.717, 1.165) is 18.2 Å². The van der Waals surface area contributed by atoms with Crippen LogP contribution in [0.15, 0.2) is 23.0 Å². The van der Waals surface area contributed by atoms with Crippen LogP contribution in [0.3, 0.4) is 0 Å². The van der Waals surface area contributed by atoms with Gasteiger partial charge in [0.05, 0.1) is 11.9 Å². The minimum atomic E-state index is -1.10. The summed E-state index contributed by atoms with van der Waals surface area (Å²) in [6.07, 6.45) is -0.359. The number of aliphatic carboxylic acids is 1. The predicted molar refractivity (Wildman–Crippen MR) is 69.8 cm³/mol. The van der Waals surface area contributed by atoms with E-state index >= 15 is 0 Å². The van der Waals surface area contributed by atoms with Gasteiger partial charge >= 0.3 is 5.97 Å². The predicted octanol–water partition coefficient (Wildman–Crippen LogP) is 2.49. The van der Waals surface area contributed by atoms with Crippen molar-refractivity contribution in [1.29, 1.82) is 0 Å². The fourth-order valence-electron chi connectivity index (χ4n) is 2.29. The first-order valence-corrected chi connectivity index (χ1v) is 6.06. The van der Waals surface area contributed by atoms with E-state index < -0.39 is 23.0 Å². The molecule has 0 aliphatic heterocycles. The largest absolute Gasteiger partial charge is 0.481 e. The van der Waals surface area contributed by atoms with Gasteiger partial charge in [0.15, 0.2) is 17.1 Å². The van der Waals surface area contributed by atoms with Crippen LogP contribution in [0, 0.1) is 11.6 Å². The number of pyridine rings is 1. The highest BCUT2D eigenvalue weighted by Crippen LogP contribution is 2.21. The minimum Gasteiger partial charge on any atom is -0.481 e. The van der Waals surface area contributed by atoms with Crippen molar-refractivity contribution in [1.82, 2.24) is 4.57 Å². The molecule has 1 N–H and O–H groups in total. The lowest BCUT2D eigenvalue weighted by Crippen LogP contribution is -2.19. The Balaban J connectivity index is 2.90. The maximum Gasteiger partial charge on any atom is 0.309 e. The molecule has 1 aromatic carbocycles. The molecule has 2 aromatic rings. The summed E-state index contributed by atoms with van der Waals surface area (Å²) in [5.41, 5.74) is -0.0642. The second-order valence-corrected chi connectivity index (χ2v) is 4.82. The van der Waals surface area contributed by atoms with Crippen LogP contribution < -0.4 is 5.43 Å². The smallest absolute Gasteiger partial charge is 0.309 e. The van der Waals surface area contributed by atoms with E-state index in [1.54, 1.807) is 13.8 Å². The number of carboxylic acids is 1. The standard InChI is InChI=1S/C14H13F2NO3/c1-7(2)17-8(4-14(19)20)3-13(18)9-5-10(15)11(16)6-12(9)17/h3,5-7H,4H2,1-2H3,(H,19,20). The maximum absolute atomic E-state index is 13.4. The van der Waals surface area contributed by atoms with Gasteiger partial charge in [-0.3, -0.25) is 9.59 Å². The van der Waals surface area contributed by atoms with Crippen molar-refractivity contribution in [2.24, 2.45) is 0 Å². The van der Waals surface area contributed by atoms with Crippen molar-refractivity contribution in [2.75, 3.05) is 0 Å². The van der Waals surface area contributed by atoms with Gasteiger partial charge in [-0.05, 0) is 19.9 Å². The second-order valence-electron chi connectivity index (χ2n) is 4.82. The molecule has 0 atom stereocenters. The van der Waals surface area contributed by atoms with E-state index in [4.69, 9.17) is 5.11 Å². The molecule has 0 bridgehead atoms. The molecule has 6 heteroatoms. The van der Waals surface area contributed by atoms with Gasteiger partial charge in [-0.1, -0.05) is 0 Å². The summed E-state index contributed by atoms with van der Waals surface area (Å²) in [6, 6.07) is 2.74. The monoisotopic (exact) mass is 281 g/mol. The third kappa shape index (κ3) is 2.41. The van der Waals surface area contributed by atoms with Crippen LogP contribution in [0.4, 0.5) is 8.78 Å². The molecule has 0 spiro atoms. The minimum absolute atomic E-state index is 0.0340. The van der Waals surface area contributed by atoms with Crippen molar-refractivity contribution in [3.63, 3.8) is 0 Å². The van der Waals surface area contributed by atoms with E-state index in [2.05, 4.69) is 0 Å². The lowest BCUT2D eigenvalue weighted by atomic mass is 10.1. The fourth-order valence-corrected chi connectivity index (χ4v) is 2.29. The Morgan fingerprint density at radius 3 is 2.40 bits per heavy atom. The highest BCUT2D eigenvalue weighted by molar-refractivity contribution is 5.80. The number of hydrogen-bond donors (Lipinski definition) is 1. The summed E-state index contributed by atoms with van der Waals surface area (Å²) in [5, 5.41) is 8.92. The molecule has 0 aliphatic rings. The Morgan fingerprint density at radius 2 is 1.85 bits per heavy atom. The van der Waals surface area contributed by atoms with E-state index in [0.29, 0.717) is 0 Å². The molecule has 20 heavy (non-hydrogen) atoms. The van der Waals surface area contributed by atoms with Crippen LogP contribution in [0.1, 0.15) is 25.6 Å². The Bertz CT molecular complexity index is 750. The maximum atomic E-state index is 13.4. The zero-order valence-electron chi connectivity index (χ0n) is 11.0. The van der Waals surface area contributed by atoms with Crippen LogP contribution in [-0.4, -0.2) is 15.6 Å². The average Bonchev–Trinajstić information content (AvgIpc) is 2.30. The molecular weight excluding hydrogens is 268 g/mol. The molecule has 1 aromatic heterocycles. The summed E-state index contributed by atoms with van der Waals surface area (Å²) in [4.78, 5) is 22.8. The summed E-state index contributed by atoms with van der Waals surface area (Å²) in [7, 11) is 0. The molecule has 106 valence electrons. The van der Waals surface area contributed by atoms with Crippen molar-refractivity contribution in [3.05, 3.63) is 45.8 Å². The lowest BCUT2D eigenvalue weighted by Gasteiger charge is -2.19. The second kappa shape index (κ2) is 5.03. The van der Waals surface area contributed by atoms with Crippen molar-refractivity contribution in [2.45, 2.75) is 26.3 Å². The SMILES string of the molecule is CC(C)n1c(CC(=O)O)cc(=O)c2cc(F)c(F)cc21. The quantitative estimate of drug-likeness (QED) is 0.940. The normalized spacial score (nSPS) is 11.2. The molecule has 0 saturated heterocycles. The summed E-state index contributed by atoms with van der Waals surface area (Å²) >= 11 is 0. The van der Waals surface area contributed by atoms with E-state index in [9.17, 15) is 18.4 Å². The van der Waals surface area contributed by atoms with Gasteiger partial charge in [-0.15, -0.1) is 0 Å². The van der Waals surface area contributed by atoms with Gasteiger partial charge < -0.3 is 9.67 Å². The van der Waals surface area contributed by atoms with E-state index in [1.807, 2.05) is 0 Å². The number of benzene rings is 1. The molecule has 0 radical (unpaired) electrons. The third-order valence-electron chi connectivity index (χ3n) is 3.02. The zero-order valence-corrected chi connectivity index (χ0v) is 11.0. The number of carbonyl (C=O) groups is 1. The van der Waals surface area contributed by atoms with Gasteiger partial charge in [-0.25, -0.2) is 8.78 Å². The van der Waals surface area contributed by atoms with Crippen LogP contribution in [0.5, 0.6) is 0 Å². The molecule has 0 aliphatic carbocycles. The first-order chi connectivity index (χ1) is 9.31. The van der Waals surface area contributed by atoms with Gasteiger partial charge in [0.1, 0.15) is 0 Å². The summed E-state index contributed by atoms with van der Waals surface area (Å²) in [6.45, 7) is 3.55. The topological polar surface area (TPSA) is 59.3 Å². The highest BCUT2D eigenvalue weighted by atomic mass is 19.2. The Hall–Kier alpha value is -2.24. The van der Waals surface area contributed by atoms with Gasteiger partial charge in [-0.2, -0.15) is 0 Å². The Labute approximate surface area is 113 Å². The van der Waals surface area contributed by atoms with Crippen LogP contribution in [0.25, 0.3) is 10.9 Å². The summed E-state index contributed by atoms with van der Waals surface area (Å²) < 4.78 is 28.2. The van der Waals surface area contributed by atoms with Crippen molar-refractivity contribution >= 4 is 16.9 Å². The zero-order chi connectivity index (χ0) is 15.0. The third-order valence-corrected chi connectivity index (χ3v) is 3.02. The number of aromatic nitrogens is 1. The molecule has 0 unspecified atom stereocenters. The number of rotatable bonds is 3. The fraction of sp³-hybridized carbons (Fsp3) is 0.286. The summed E-state index contributed by atoms with van der Waals surface area (Å²) in [5.74, 6) is -3.27. The van der Waals surface area contributed by atoms with E-state index in [1.165, 1.54) is 4.57 Å². The molecule has 4 nitrogen and oxygen atoms in total. The lowest BCUT2D eigenvalue weighted by molar-refractivity contribution is -0.136. The van der Waals surface area contributed by atoms with Crippen molar-refractivity contribution in [3.8, 4) is 0 Å². The molecule has 2 rings (SSSR count). The number of hydrogen-bond acceptors (Lipinski definition) is 2. The average molecular weight is 281 g/mol. The Morgan fingerprint density at radius 1 is 1.25 bits per heavy atom. The first-order valence-electron chi connectivity index (χ1n) is 6.06. The van der Waals surface area contributed by atoms with Crippen LogP contribution >= 0.6 is 0 Å². The van der Waals surface area contributed by atoms with Crippen molar-refractivity contribution < 1.29 is 18.7 Å². The number of carboxylic acid groups (broad SMARTS) is 1. The van der Waals surface area contributed by atoms with Gasteiger partial charge in [0, 0.05) is 29.3 Å². The molecule has 0 fully saturated rings.